The highest BCUT2D eigenvalue weighted by molar-refractivity contribution is 5.84. The van der Waals surface area contributed by atoms with Crippen molar-refractivity contribution in [2.45, 2.75) is 31.4 Å². The van der Waals surface area contributed by atoms with Gasteiger partial charge in [0, 0.05) is 20.1 Å². The van der Waals surface area contributed by atoms with Gasteiger partial charge in [0.15, 0.2) is 0 Å². The Bertz CT molecular complexity index is 316. The second kappa shape index (κ2) is 9.29. The second-order valence-electron chi connectivity index (χ2n) is 3.87. The molecular weight excluding hydrogens is 256 g/mol. The number of carbonyl (C=O) groups excluding carboxylic acids is 2. The summed E-state index contributed by atoms with van der Waals surface area (Å²) >= 11 is 0. The second-order valence-corrected chi connectivity index (χ2v) is 3.87. The molecule has 8 heteroatoms. The summed E-state index contributed by atoms with van der Waals surface area (Å²) in [6.07, 6.45) is -0.614. The Labute approximate surface area is 111 Å². The minimum atomic E-state index is -1.21. The summed E-state index contributed by atoms with van der Waals surface area (Å²) in [7, 11) is 2.62. The zero-order valence-electron chi connectivity index (χ0n) is 11.0. The molecule has 0 aliphatic carbocycles. The van der Waals surface area contributed by atoms with Crippen LogP contribution in [0.25, 0.3) is 0 Å². The van der Waals surface area contributed by atoms with E-state index >= 15 is 0 Å². The van der Waals surface area contributed by atoms with Crippen LogP contribution < -0.4 is 11.1 Å². The normalized spacial score (nSPS) is 13.4. The molecule has 0 aliphatic rings. The average Bonchev–Trinajstić information content (AvgIpc) is 2.39. The Morgan fingerprint density at radius 1 is 1.32 bits per heavy atom. The number of esters is 1. The molecule has 0 spiro atoms. The minimum Gasteiger partial charge on any atom is -0.480 e. The van der Waals surface area contributed by atoms with E-state index in [2.05, 4.69) is 10.1 Å². The van der Waals surface area contributed by atoms with Crippen molar-refractivity contribution in [2.24, 2.45) is 5.73 Å². The highest BCUT2D eigenvalue weighted by Gasteiger charge is 2.22. The number of hydrogen-bond acceptors (Lipinski definition) is 6. The molecule has 0 fully saturated rings. The zero-order valence-corrected chi connectivity index (χ0v) is 11.0. The van der Waals surface area contributed by atoms with Gasteiger partial charge in [-0.2, -0.15) is 0 Å². The first-order chi connectivity index (χ1) is 8.94. The smallest absolute Gasteiger partial charge is 0.326 e. The van der Waals surface area contributed by atoms with Crippen molar-refractivity contribution >= 4 is 17.8 Å². The number of aliphatic carboxylic acids is 1. The van der Waals surface area contributed by atoms with E-state index in [0.717, 1.165) is 0 Å². The Morgan fingerprint density at radius 3 is 2.37 bits per heavy atom. The van der Waals surface area contributed by atoms with Gasteiger partial charge < -0.3 is 25.6 Å². The molecule has 110 valence electrons. The van der Waals surface area contributed by atoms with Crippen LogP contribution in [0.5, 0.6) is 0 Å². The van der Waals surface area contributed by atoms with Gasteiger partial charge >= 0.3 is 11.9 Å². The van der Waals surface area contributed by atoms with Crippen molar-refractivity contribution in [3.63, 3.8) is 0 Å². The molecule has 0 rings (SSSR count). The third kappa shape index (κ3) is 7.37. The number of methoxy groups -OCH3 is 2. The van der Waals surface area contributed by atoms with E-state index in [1.807, 2.05) is 0 Å². The largest absolute Gasteiger partial charge is 0.480 e. The summed E-state index contributed by atoms with van der Waals surface area (Å²) in [6.45, 7) is 0.157. The quantitative estimate of drug-likeness (QED) is 0.455. The van der Waals surface area contributed by atoms with Crippen LogP contribution in [0, 0.1) is 0 Å². The molecule has 0 aliphatic heterocycles. The SMILES string of the molecule is COC(=O)CC[C@H](NC(=O)CC(CN)OC)C(=O)O. The van der Waals surface area contributed by atoms with Gasteiger partial charge in [0.05, 0.1) is 19.6 Å². The van der Waals surface area contributed by atoms with Crippen molar-refractivity contribution in [1.82, 2.24) is 5.32 Å². The lowest BCUT2D eigenvalue weighted by Gasteiger charge is -2.16. The number of rotatable bonds is 9. The lowest BCUT2D eigenvalue weighted by atomic mass is 10.1. The lowest BCUT2D eigenvalue weighted by Crippen LogP contribution is -2.43. The number of amides is 1. The Hall–Kier alpha value is -1.67. The van der Waals surface area contributed by atoms with Crippen molar-refractivity contribution < 1.29 is 29.0 Å². The molecule has 1 amide bonds. The molecule has 0 saturated heterocycles. The summed E-state index contributed by atoms with van der Waals surface area (Å²) < 4.78 is 9.32. The maximum Gasteiger partial charge on any atom is 0.326 e. The molecule has 8 nitrogen and oxygen atoms in total. The number of carbonyl (C=O) groups is 3. The standard InChI is InChI=1S/C11H20N2O6/c1-18-7(6-12)5-9(14)13-8(11(16)17)3-4-10(15)19-2/h7-8H,3-6,12H2,1-2H3,(H,13,14)(H,16,17)/t7?,8-/m0/s1. The predicted molar refractivity (Wildman–Crippen MR) is 65.3 cm³/mol. The topological polar surface area (TPSA) is 128 Å². The molecule has 0 radical (unpaired) electrons. The number of carboxylic acid groups (broad SMARTS) is 1. The fourth-order valence-electron chi connectivity index (χ4n) is 1.34. The number of hydrogen-bond donors (Lipinski definition) is 3. The van der Waals surface area contributed by atoms with Crippen LogP contribution >= 0.6 is 0 Å². The number of nitrogens with one attached hydrogen (secondary N) is 1. The maximum absolute atomic E-state index is 11.6. The number of ether oxygens (including phenoxy) is 2. The van der Waals surface area contributed by atoms with E-state index in [0.29, 0.717) is 0 Å². The van der Waals surface area contributed by atoms with Crippen LogP contribution in [-0.2, 0) is 23.9 Å². The van der Waals surface area contributed by atoms with Gasteiger partial charge in [-0.05, 0) is 6.42 Å². The molecule has 0 aromatic rings. The molecule has 2 atom stereocenters. The van der Waals surface area contributed by atoms with Gasteiger partial charge in [0.1, 0.15) is 6.04 Å². The fraction of sp³-hybridized carbons (Fsp3) is 0.727. The zero-order chi connectivity index (χ0) is 14.8. The van der Waals surface area contributed by atoms with Gasteiger partial charge in [-0.25, -0.2) is 4.79 Å². The van der Waals surface area contributed by atoms with Gasteiger partial charge in [-0.3, -0.25) is 9.59 Å². The van der Waals surface area contributed by atoms with E-state index in [1.165, 1.54) is 14.2 Å². The van der Waals surface area contributed by atoms with Crippen molar-refractivity contribution in [3.8, 4) is 0 Å². The molecule has 1 unspecified atom stereocenters. The first-order valence-electron chi connectivity index (χ1n) is 5.76. The molecule has 4 N–H and O–H groups in total. The first-order valence-corrected chi connectivity index (χ1v) is 5.76. The van der Waals surface area contributed by atoms with Crippen LogP contribution in [0.2, 0.25) is 0 Å². The average molecular weight is 276 g/mol. The maximum atomic E-state index is 11.6. The third-order valence-corrected chi connectivity index (χ3v) is 2.51. The van der Waals surface area contributed by atoms with E-state index in [9.17, 15) is 14.4 Å². The van der Waals surface area contributed by atoms with Crippen molar-refractivity contribution in [1.29, 1.82) is 0 Å². The Balaban J connectivity index is 4.30. The summed E-state index contributed by atoms with van der Waals surface area (Å²) in [5.74, 6) is -2.23. The molecule has 19 heavy (non-hydrogen) atoms. The summed E-state index contributed by atoms with van der Waals surface area (Å²) in [4.78, 5) is 33.4. The van der Waals surface area contributed by atoms with Gasteiger partial charge in [0.2, 0.25) is 5.91 Å². The number of carboxylic acids is 1. The minimum absolute atomic E-state index is 0.0327. The monoisotopic (exact) mass is 276 g/mol. The van der Waals surface area contributed by atoms with E-state index in [-0.39, 0.29) is 25.8 Å². The molecule has 0 aromatic heterocycles. The fourth-order valence-corrected chi connectivity index (χ4v) is 1.34. The van der Waals surface area contributed by atoms with Crippen molar-refractivity contribution in [2.75, 3.05) is 20.8 Å². The molecule has 0 heterocycles. The van der Waals surface area contributed by atoms with E-state index < -0.39 is 30.0 Å². The molecule has 0 aromatic carbocycles. The number of nitrogens with two attached hydrogens (primary N) is 1. The van der Waals surface area contributed by atoms with Gasteiger partial charge in [-0.1, -0.05) is 0 Å². The highest BCUT2D eigenvalue weighted by atomic mass is 16.5. The summed E-state index contributed by atoms with van der Waals surface area (Å²) in [5.41, 5.74) is 5.36. The Morgan fingerprint density at radius 2 is 1.95 bits per heavy atom. The van der Waals surface area contributed by atoms with E-state index in [4.69, 9.17) is 15.6 Å². The van der Waals surface area contributed by atoms with Crippen LogP contribution in [0.15, 0.2) is 0 Å². The third-order valence-electron chi connectivity index (χ3n) is 2.51. The molecular formula is C11H20N2O6. The van der Waals surface area contributed by atoms with Crippen LogP contribution in [-0.4, -0.2) is 55.9 Å². The Kier molecular flexibility index (Phi) is 8.47. The molecule has 0 saturated carbocycles. The van der Waals surface area contributed by atoms with Gasteiger partial charge in [0.25, 0.3) is 0 Å². The summed E-state index contributed by atoms with van der Waals surface area (Å²) in [5, 5.41) is 11.2. The summed E-state index contributed by atoms with van der Waals surface area (Å²) in [6, 6.07) is -1.14. The first kappa shape index (κ1) is 17.3. The van der Waals surface area contributed by atoms with Crippen LogP contribution in [0.1, 0.15) is 19.3 Å². The predicted octanol–water partition coefficient (Wildman–Crippen LogP) is -1.13. The van der Waals surface area contributed by atoms with Crippen molar-refractivity contribution in [3.05, 3.63) is 0 Å². The van der Waals surface area contributed by atoms with Crippen LogP contribution in [0.3, 0.4) is 0 Å². The molecule has 0 bridgehead atoms. The lowest BCUT2D eigenvalue weighted by molar-refractivity contribution is -0.144. The van der Waals surface area contributed by atoms with Gasteiger partial charge in [-0.15, -0.1) is 0 Å². The highest BCUT2D eigenvalue weighted by Crippen LogP contribution is 2.02. The van der Waals surface area contributed by atoms with Crippen LogP contribution in [0.4, 0.5) is 0 Å². The van der Waals surface area contributed by atoms with E-state index in [1.54, 1.807) is 0 Å².